The standard InChI is InChI=1S/C21H18Br2O3/c1-13(2)12-25-18-9-8-15(11-17(18)22)21(24)26-19-10-7-14-5-3-4-6-16(14)20(19)23/h3-11,13H,12H2,1-2H3. The number of hydrogen-bond acceptors (Lipinski definition) is 3. The molecule has 3 nitrogen and oxygen atoms in total. The molecule has 0 aromatic heterocycles. The molecule has 0 N–H and O–H groups in total. The maximum absolute atomic E-state index is 12.5. The summed E-state index contributed by atoms with van der Waals surface area (Å²) in [7, 11) is 0. The number of fused-ring (bicyclic) bond motifs is 1. The lowest BCUT2D eigenvalue weighted by atomic mass is 10.1. The molecule has 0 unspecified atom stereocenters. The zero-order chi connectivity index (χ0) is 18.7. The van der Waals surface area contributed by atoms with Crippen LogP contribution in [0.2, 0.25) is 0 Å². The first-order valence-corrected chi connectivity index (χ1v) is 9.86. The molecule has 3 rings (SSSR count). The minimum atomic E-state index is -0.419. The van der Waals surface area contributed by atoms with Crippen LogP contribution in [0, 0.1) is 5.92 Å². The maximum atomic E-state index is 12.5. The fourth-order valence-electron chi connectivity index (χ4n) is 2.45. The Hall–Kier alpha value is -1.85. The Morgan fingerprint density at radius 1 is 1.00 bits per heavy atom. The average molecular weight is 478 g/mol. The van der Waals surface area contributed by atoms with E-state index < -0.39 is 5.97 Å². The van der Waals surface area contributed by atoms with E-state index in [2.05, 4.69) is 45.7 Å². The van der Waals surface area contributed by atoms with Crippen LogP contribution in [0.3, 0.4) is 0 Å². The average Bonchev–Trinajstić information content (AvgIpc) is 2.63. The first-order valence-electron chi connectivity index (χ1n) is 8.27. The van der Waals surface area contributed by atoms with Crippen molar-refractivity contribution < 1.29 is 14.3 Å². The molecular weight excluding hydrogens is 460 g/mol. The fraction of sp³-hybridized carbons (Fsp3) is 0.190. The van der Waals surface area contributed by atoms with Gasteiger partial charge in [-0.1, -0.05) is 44.2 Å². The minimum Gasteiger partial charge on any atom is -0.492 e. The highest BCUT2D eigenvalue weighted by Gasteiger charge is 2.14. The van der Waals surface area contributed by atoms with E-state index >= 15 is 0 Å². The van der Waals surface area contributed by atoms with E-state index in [1.807, 2.05) is 30.3 Å². The highest BCUT2D eigenvalue weighted by Crippen LogP contribution is 2.34. The number of carbonyl (C=O) groups is 1. The van der Waals surface area contributed by atoms with Crippen LogP contribution < -0.4 is 9.47 Å². The van der Waals surface area contributed by atoms with Crippen molar-refractivity contribution in [2.45, 2.75) is 13.8 Å². The predicted molar refractivity (Wildman–Crippen MR) is 111 cm³/mol. The van der Waals surface area contributed by atoms with Gasteiger partial charge in [-0.25, -0.2) is 4.79 Å². The Labute approximate surface area is 169 Å². The van der Waals surface area contributed by atoms with Gasteiger partial charge in [-0.2, -0.15) is 0 Å². The Bertz CT molecular complexity index is 951. The summed E-state index contributed by atoms with van der Waals surface area (Å²) in [5.41, 5.74) is 0.453. The van der Waals surface area contributed by atoms with Crippen LogP contribution in [-0.2, 0) is 0 Å². The van der Waals surface area contributed by atoms with E-state index in [9.17, 15) is 4.79 Å². The molecule has 0 atom stereocenters. The molecule has 0 aliphatic carbocycles. The van der Waals surface area contributed by atoms with Crippen molar-refractivity contribution in [3.63, 3.8) is 0 Å². The van der Waals surface area contributed by atoms with Crippen molar-refractivity contribution in [3.8, 4) is 11.5 Å². The number of benzene rings is 3. The summed E-state index contributed by atoms with van der Waals surface area (Å²) in [6.07, 6.45) is 0. The Kier molecular flexibility index (Phi) is 5.99. The number of ether oxygens (including phenoxy) is 2. The monoisotopic (exact) mass is 476 g/mol. The molecule has 0 spiro atoms. The largest absolute Gasteiger partial charge is 0.492 e. The van der Waals surface area contributed by atoms with Crippen LogP contribution >= 0.6 is 31.9 Å². The molecule has 0 bridgehead atoms. The normalized spacial score (nSPS) is 11.0. The summed E-state index contributed by atoms with van der Waals surface area (Å²) < 4.78 is 12.8. The molecule has 3 aromatic rings. The zero-order valence-corrected chi connectivity index (χ0v) is 17.6. The molecule has 26 heavy (non-hydrogen) atoms. The molecule has 0 fully saturated rings. The van der Waals surface area contributed by atoms with Crippen LogP contribution in [0.4, 0.5) is 0 Å². The van der Waals surface area contributed by atoms with Gasteiger partial charge < -0.3 is 9.47 Å². The van der Waals surface area contributed by atoms with Gasteiger partial charge in [0.05, 0.1) is 21.1 Å². The van der Waals surface area contributed by atoms with Gasteiger partial charge >= 0.3 is 5.97 Å². The summed E-state index contributed by atoms with van der Waals surface area (Å²) in [5.74, 6) is 1.21. The molecule has 134 valence electrons. The van der Waals surface area contributed by atoms with Crippen LogP contribution in [0.25, 0.3) is 10.8 Å². The van der Waals surface area contributed by atoms with E-state index in [-0.39, 0.29) is 0 Å². The third kappa shape index (κ3) is 4.27. The van der Waals surface area contributed by atoms with Crippen molar-refractivity contribution in [1.82, 2.24) is 0 Å². The Morgan fingerprint density at radius 2 is 1.73 bits per heavy atom. The molecule has 0 saturated heterocycles. The second-order valence-electron chi connectivity index (χ2n) is 6.34. The fourth-order valence-corrected chi connectivity index (χ4v) is 3.52. The van der Waals surface area contributed by atoms with Gasteiger partial charge in [-0.3, -0.25) is 0 Å². The topological polar surface area (TPSA) is 35.5 Å². The van der Waals surface area contributed by atoms with Gasteiger partial charge in [0.1, 0.15) is 11.5 Å². The molecular formula is C21H18Br2O3. The Morgan fingerprint density at radius 3 is 2.46 bits per heavy atom. The molecule has 0 aliphatic rings. The zero-order valence-electron chi connectivity index (χ0n) is 14.5. The summed E-state index contributed by atoms with van der Waals surface area (Å²) in [6.45, 7) is 4.79. The number of halogens is 2. The van der Waals surface area contributed by atoms with Gasteiger partial charge in [0.15, 0.2) is 0 Å². The van der Waals surface area contributed by atoms with Crippen molar-refractivity contribution in [3.05, 3.63) is 69.1 Å². The van der Waals surface area contributed by atoms with Gasteiger partial charge in [-0.15, -0.1) is 0 Å². The van der Waals surface area contributed by atoms with Crippen LogP contribution in [0.15, 0.2) is 63.5 Å². The molecule has 0 saturated carbocycles. The van der Waals surface area contributed by atoms with Gasteiger partial charge in [0.25, 0.3) is 0 Å². The van der Waals surface area contributed by atoms with Crippen LogP contribution in [0.5, 0.6) is 11.5 Å². The van der Waals surface area contributed by atoms with Crippen LogP contribution in [0.1, 0.15) is 24.2 Å². The van der Waals surface area contributed by atoms with E-state index in [1.165, 1.54) is 0 Å². The first kappa shape index (κ1) is 18.9. The second kappa shape index (κ2) is 8.23. The minimum absolute atomic E-state index is 0.419. The third-order valence-electron chi connectivity index (χ3n) is 3.77. The predicted octanol–water partition coefficient (Wildman–Crippen LogP) is 6.62. The van der Waals surface area contributed by atoms with E-state index in [0.717, 1.165) is 19.7 Å². The van der Waals surface area contributed by atoms with Crippen LogP contribution in [-0.4, -0.2) is 12.6 Å². The van der Waals surface area contributed by atoms with E-state index in [1.54, 1.807) is 24.3 Å². The molecule has 0 radical (unpaired) electrons. The molecule has 3 aromatic carbocycles. The highest BCUT2D eigenvalue weighted by molar-refractivity contribution is 9.11. The number of hydrogen-bond donors (Lipinski definition) is 0. The SMILES string of the molecule is CC(C)COc1ccc(C(=O)Oc2ccc3ccccc3c2Br)cc1Br. The van der Waals surface area contributed by atoms with Gasteiger partial charge in [0, 0.05) is 0 Å². The van der Waals surface area contributed by atoms with Crippen molar-refractivity contribution in [1.29, 1.82) is 0 Å². The summed E-state index contributed by atoms with van der Waals surface area (Å²) >= 11 is 6.99. The van der Waals surface area contributed by atoms with Crippen molar-refractivity contribution in [2.24, 2.45) is 5.92 Å². The second-order valence-corrected chi connectivity index (χ2v) is 7.99. The summed E-state index contributed by atoms with van der Waals surface area (Å²) in [6, 6.07) is 16.8. The van der Waals surface area contributed by atoms with Gasteiger partial charge in [-0.05, 0) is 72.8 Å². The van der Waals surface area contributed by atoms with Crippen molar-refractivity contribution in [2.75, 3.05) is 6.61 Å². The lowest BCUT2D eigenvalue weighted by molar-refractivity contribution is 0.0733. The third-order valence-corrected chi connectivity index (χ3v) is 5.21. The maximum Gasteiger partial charge on any atom is 0.343 e. The molecule has 5 heteroatoms. The number of esters is 1. The number of rotatable bonds is 5. The molecule has 0 aliphatic heterocycles. The molecule has 0 heterocycles. The van der Waals surface area contributed by atoms with Gasteiger partial charge in [0.2, 0.25) is 0 Å². The Balaban J connectivity index is 1.80. The van der Waals surface area contributed by atoms with E-state index in [0.29, 0.717) is 29.6 Å². The lowest BCUT2D eigenvalue weighted by Gasteiger charge is -2.12. The smallest absolute Gasteiger partial charge is 0.343 e. The van der Waals surface area contributed by atoms with Crippen molar-refractivity contribution >= 4 is 48.6 Å². The molecule has 0 amide bonds. The highest BCUT2D eigenvalue weighted by atomic mass is 79.9. The summed E-state index contributed by atoms with van der Waals surface area (Å²) in [4.78, 5) is 12.5. The van der Waals surface area contributed by atoms with E-state index in [4.69, 9.17) is 9.47 Å². The quantitative estimate of drug-likeness (QED) is 0.306. The number of carbonyl (C=O) groups excluding carboxylic acids is 1. The lowest BCUT2D eigenvalue weighted by Crippen LogP contribution is -2.10. The summed E-state index contributed by atoms with van der Waals surface area (Å²) in [5, 5.41) is 2.07. The first-order chi connectivity index (χ1) is 12.5.